The molecule has 4 nitrogen and oxygen atoms in total. The maximum Gasteiger partial charge on any atom is 0.221 e. The third-order valence-corrected chi connectivity index (χ3v) is 3.75. The largest absolute Gasteiger partial charge is 0.369 e. The van der Waals surface area contributed by atoms with E-state index in [-0.39, 0.29) is 5.91 Å². The molecule has 2 rings (SSSR count). The molecule has 0 atom stereocenters. The summed E-state index contributed by atoms with van der Waals surface area (Å²) in [6.45, 7) is 8.75. The summed E-state index contributed by atoms with van der Waals surface area (Å²) in [6.07, 6.45) is 1.74. The lowest BCUT2D eigenvalue weighted by atomic mass is 10.1. The van der Waals surface area contributed by atoms with Gasteiger partial charge in [-0.15, -0.1) is 0 Å². The number of amides is 1. The summed E-state index contributed by atoms with van der Waals surface area (Å²) in [5.41, 5.74) is 3.89. The molecule has 0 aliphatic carbocycles. The zero-order chi connectivity index (χ0) is 14.4. The van der Waals surface area contributed by atoms with Crippen molar-refractivity contribution in [3.05, 3.63) is 29.3 Å². The average molecular weight is 275 g/mol. The topological polar surface area (TPSA) is 44.4 Å². The van der Waals surface area contributed by atoms with E-state index in [0.717, 1.165) is 39.1 Å². The van der Waals surface area contributed by atoms with Gasteiger partial charge in [0.2, 0.25) is 5.91 Å². The number of anilines is 1. The zero-order valence-electron chi connectivity index (χ0n) is 12.5. The highest BCUT2D eigenvalue weighted by Gasteiger charge is 2.14. The molecule has 1 heterocycles. The van der Waals surface area contributed by atoms with E-state index in [2.05, 4.69) is 47.6 Å². The fourth-order valence-electron chi connectivity index (χ4n) is 2.50. The van der Waals surface area contributed by atoms with Crippen LogP contribution in [-0.2, 0) is 11.3 Å². The van der Waals surface area contributed by atoms with Crippen LogP contribution in [-0.4, -0.2) is 32.1 Å². The molecule has 2 N–H and O–H groups in total. The van der Waals surface area contributed by atoms with Crippen molar-refractivity contribution in [2.45, 2.75) is 33.2 Å². The standard InChI is InChI=1S/C16H25N3O/c1-3-7-17-12-14-4-5-15(11-13(14)2)19-9-6-16(20)18-8-10-19/h4-5,11,17H,3,6-10,12H2,1-2H3,(H,18,20). The molecule has 0 aromatic heterocycles. The van der Waals surface area contributed by atoms with E-state index in [4.69, 9.17) is 0 Å². The van der Waals surface area contributed by atoms with Crippen molar-refractivity contribution in [2.75, 3.05) is 31.1 Å². The molecule has 1 saturated heterocycles. The Kier molecular flexibility index (Phi) is 5.41. The van der Waals surface area contributed by atoms with Crippen LogP contribution in [0.3, 0.4) is 0 Å². The number of carbonyl (C=O) groups excluding carboxylic acids is 1. The Bertz CT molecular complexity index is 459. The minimum atomic E-state index is 0.157. The highest BCUT2D eigenvalue weighted by atomic mass is 16.1. The van der Waals surface area contributed by atoms with E-state index in [1.54, 1.807) is 0 Å². The highest BCUT2D eigenvalue weighted by Crippen LogP contribution is 2.20. The molecule has 20 heavy (non-hydrogen) atoms. The molecule has 1 fully saturated rings. The van der Waals surface area contributed by atoms with Gasteiger partial charge in [0.15, 0.2) is 0 Å². The number of rotatable bonds is 5. The summed E-state index contributed by atoms with van der Waals surface area (Å²) >= 11 is 0. The second-order valence-corrected chi connectivity index (χ2v) is 5.37. The van der Waals surface area contributed by atoms with Crippen molar-refractivity contribution in [2.24, 2.45) is 0 Å². The Labute approximate surface area is 121 Å². The smallest absolute Gasteiger partial charge is 0.221 e. The lowest BCUT2D eigenvalue weighted by molar-refractivity contribution is -0.120. The van der Waals surface area contributed by atoms with Crippen molar-refractivity contribution in [3.8, 4) is 0 Å². The van der Waals surface area contributed by atoms with Crippen LogP contribution in [0.2, 0.25) is 0 Å². The van der Waals surface area contributed by atoms with Crippen molar-refractivity contribution in [3.63, 3.8) is 0 Å². The molecule has 1 amide bonds. The molecule has 1 aliphatic rings. The SMILES string of the molecule is CCCNCc1ccc(N2CCNC(=O)CC2)cc1C. The van der Waals surface area contributed by atoms with E-state index < -0.39 is 0 Å². The maximum atomic E-state index is 11.4. The first-order chi connectivity index (χ1) is 9.70. The lowest BCUT2D eigenvalue weighted by Crippen LogP contribution is -2.28. The van der Waals surface area contributed by atoms with E-state index in [9.17, 15) is 4.79 Å². The van der Waals surface area contributed by atoms with Gasteiger partial charge in [-0.2, -0.15) is 0 Å². The number of nitrogens with zero attached hydrogens (tertiary/aromatic N) is 1. The van der Waals surface area contributed by atoms with E-state index in [1.807, 2.05) is 0 Å². The maximum absolute atomic E-state index is 11.4. The number of hydrogen-bond donors (Lipinski definition) is 2. The summed E-state index contributed by atoms with van der Waals surface area (Å²) in [7, 11) is 0. The third kappa shape index (κ3) is 3.97. The molecule has 4 heteroatoms. The Morgan fingerprint density at radius 1 is 1.35 bits per heavy atom. The quantitative estimate of drug-likeness (QED) is 0.806. The Hall–Kier alpha value is -1.55. The van der Waals surface area contributed by atoms with E-state index in [0.29, 0.717) is 6.42 Å². The summed E-state index contributed by atoms with van der Waals surface area (Å²) in [5.74, 6) is 0.157. The fraction of sp³-hybridized carbons (Fsp3) is 0.562. The highest BCUT2D eigenvalue weighted by molar-refractivity contribution is 5.77. The van der Waals surface area contributed by atoms with Gasteiger partial charge in [0.25, 0.3) is 0 Å². The summed E-state index contributed by atoms with van der Waals surface area (Å²) in [5, 5.41) is 6.35. The molecule has 0 unspecified atom stereocenters. The predicted octanol–water partition coefficient (Wildman–Crippen LogP) is 1.82. The van der Waals surface area contributed by atoms with Crippen molar-refractivity contribution in [1.82, 2.24) is 10.6 Å². The normalized spacial score (nSPS) is 15.9. The first kappa shape index (κ1) is 14.9. The molecule has 1 aliphatic heterocycles. The number of nitrogens with one attached hydrogen (secondary N) is 2. The van der Waals surface area contributed by atoms with Gasteiger partial charge in [-0.1, -0.05) is 13.0 Å². The molecule has 1 aromatic carbocycles. The van der Waals surface area contributed by atoms with Gasteiger partial charge in [0.1, 0.15) is 0 Å². The lowest BCUT2D eigenvalue weighted by Gasteiger charge is -2.23. The number of benzene rings is 1. The second-order valence-electron chi connectivity index (χ2n) is 5.37. The summed E-state index contributed by atoms with van der Waals surface area (Å²) in [4.78, 5) is 13.7. The minimum Gasteiger partial charge on any atom is -0.369 e. The molecule has 0 bridgehead atoms. The van der Waals surface area contributed by atoms with E-state index in [1.165, 1.54) is 16.8 Å². The molecule has 0 radical (unpaired) electrons. The Balaban J connectivity index is 2.02. The molecule has 0 spiro atoms. The number of hydrogen-bond acceptors (Lipinski definition) is 3. The van der Waals surface area contributed by atoms with Crippen LogP contribution in [0, 0.1) is 6.92 Å². The second kappa shape index (κ2) is 7.29. The molecule has 0 saturated carbocycles. The number of carbonyl (C=O) groups is 1. The van der Waals surface area contributed by atoms with Gasteiger partial charge in [0, 0.05) is 38.3 Å². The Morgan fingerprint density at radius 2 is 2.20 bits per heavy atom. The van der Waals surface area contributed by atoms with Gasteiger partial charge in [0.05, 0.1) is 0 Å². The first-order valence-corrected chi connectivity index (χ1v) is 7.52. The van der Waals surface area contributed by atoms with Gasteiger partial charge >= 0.3 is 0 Å². The van der Waals surface area contributed by atoms with Crippen molar-refractivity contribution in [1.29, 1.82) is 0 Å². The van der Waals surface area contributed by atoms with Crippen molar-refractivity contribution >= 4 is 11.6 Å². The molecular weight excluding hydrogens is 250 g/mol. The predicted molar refractivity (Wildman–Crippen MR) is 83.0 cm³/mol. The number of aryl methyl sites for hydroxylation is 1. The van der Waals surface area contributed by atoms with Crippen LogP contribution in [0.15, 0.2) is 18.2 Å². The van der Waals surface area contributed by atoms with Crippen LogP contribution in [0.4, 0.5) is 5.69 Å². The van der Waals surface area contributed by atoms with Gasteiger partial charge < -0.3 is 15.5 Å². The third-order valence-electron chi connectivity index (χ3n) is 3.75. The fourth-order valence-corrected chi connectivity index (χ4v) is 2.50. The average Bonchev–Trinajstić information content (AvgIpc) is 2.65. The van der Waals surface area contributed by atoms with Gasteiger partial charge in [-0.05, 0) is 43.1 Å². The summed E-state index contributed by atoms with van der Waals surface area (Å²) < 4.78 is 0. The van der Waals surface area contributed by atoms with Crippen LogP contribution in [0.25, 0.3) is 0 Å². The molecule has 110 valence electrons. The van der Waals surface area contributed by atoms with Gasteiger partial charge in [-0.3, -0.25) is 4.79 Å². The van der Waals surface area contributed by atoms with Gasteiger partial charge in [-0.25, -0.2) is 0 Å². The molecular formula is C16H25N3O. The van der Waals surface area contributed by atoms with Crippen LogP contribution in [0.5, 0.6) is 0 Å². The first-order valence-electron chi connectivity index (χ1n) is 7.52. The van der Waals surface area contributed by atoms with Crippen molar-refractivity contribution < 1.29 is 4.79 Å². The molecule has 1 aromatic rings. The van der Waals surface area contributed by atoms with Crippen LogP contribution >= 0.6 is 0 Å². The monoisotopic (exact) mass is 275 g/mol. The Morgan fingerprint density at radius 3 is 2.95 bits per heavy atom. The summed E-state index contributed by atoms with van der Waals surface area (Å²) in [6, 6.07) is 6.61. The van der Waals surface area contributed by atoms with Crippen LogP contribution < -0.4 is 15.5 Å². The minimum absolute atomic E-state index is 0.157. The van der Waals surface area contributed by atoms with E-state index >= 15 is 0 Å². The zero-order valence-corrected chi connectivity index (χ0v) is 12.5. The van der Waals surface area contributed by atoms with Crippen LogP contribution in [0.1, 0.15) is 30.9 Å².